The molecule has 1 aliphatic heterocycles. The van der Waals surface area contributed by atoms with Gasteiger partial charge in [0, 0.05) is 57.6 Å². The number of likely N-dealkylation sites (N-methyl/N-ethyl adjacent to an activating group) is 1. The van der Waals surface area contributed by atoms with Gasteiger partial charge in [0.05, 0.1) is 16.8 Å². The number of rotatable bonds is 8. The predicted molar refractivity (Wildman–Crippen MR) is 151 cm³/mol. The molecule has 0 spiro atoms. The fraction of sp³-hybridized carbons (Fsp3) is 0.321. The highest BCUT2D eigenvalue weighted by atomic mass is 32.2. The lowest BCUT2D eigenvalue weighted by molar-refractivity contribution is 0.0153. The van der Waals surface area contributed by atoms with Crippen molar-refractivity contribution in [2.24, 2.45) is 7.05 Å². The molecule has 2 aromatic heterocycles. The van der Waals surface area contributed by atoms with Gasteiger partial charge in [0.2, 0.25) is 11.8 Å². The SMILES string of the molecule is Cc1ccccc1-c1nc(NSc2cnn(C)c2)nc(Oc2ccc(N3CCN(C)CC3)cc2)c1C(C)(F)F. The van der Waals surface area contributed by atoms with Crippen LogP contribution in [0, 0.1) is 6.92 Å². The summed E-state index contributed by atoms with van der Waals surface area (Å²) in [5, 5.41) is 4.16. The van der Waals surface area contributed by atoms with E-state index in [0.717, 1.165) is 49.2 Å². The lowest BCUT2D eigenvalue weighted by Crippen LogP contribution is -2.44. The molecular weight excluding hydrogens is 520 g/mol. The summed E-state index contributed by atoms with van der Waals surface area (Å²) in [5.41, 5.74) is 2.22. The number of hydrogen-bond acceptors (Lipinski definition) is 8. The molecule has 0 saturated carbocycles. The molecular formula is C28H31F2N7OS. The van der Waals surface area contributed by atoms with Crippen LogP contribution in [0.3, 0.4) is 0 Å². The zero-order chi connectivity index (χ0) is 27.6. The Labute approximate surface area is 231 Å². The number of ether oxygens (including phenoxy) is 1. The van der Waals surface area contributed by atoms with Crippen LogP contribution in [-0.2, 0) is 13.0 Å². The maximum atomic E-state index is 15.2. The summed E-state index contributed by atoms with van der Waals surface area (Å²) >= 11 is 1.24. The van der Waals surface area contributed by atoms with Crippen molar-refractivity contribution in [2.45, 2.75) is 24.7 Å². The highest BCUT2D eigenvalue weighted by Crippen LogP contribution is 2.43. The molecule has 11 heteroatoms. The van der Waals surface area contributed by atoms with Gasteiger partial charge in [-0.3, -0.25) is 9.40 Å². The second-order valence-corrected chi connectivity index (χ2v) is 10.6. The number of alkyl halides is 2. The summed E-state index contributed by atoms with van der Waals surface area (Å²) < 4.78 is 41.2. The third kappa shape index (κ3) is 6.31. The molecule has 0 radical (unpaired) electrons. The van der Waals surface area contributed by atoms with E-state index >= 15 is 8.78 Å². The van der Waals surface area contributed by atoms with E-state index in [2.05, 4.69) is 36.6 Å². The maximum absolute atomic E-state index is 15.2. The standard InChI is InChI=1S/C28H31F2N7OS/c1-19-7-5-6-8-23(19)25-24(28(2,29)30)26(33-27(32-25)34-39-22-17-31-36(4)18-22)38-21-11-9-20(10-12-21)37-15-13-35(3)14-16-37/h5-12,17-18H,13-16H2,1-4H3,(H,32,33,34). The molecule has 0 unspecified atom stereocenters. The number of aromatic nitrogens is 4. The number of nitrogens with zero attached hydrogens (tertiary/aromatic N) is 6. The van der Waals surface area contributed by atoms with Gasteiger partial charge in [0.1, 0.15) is 11.3 Å². The third-order valence-corrected chi connectivity index (χ3v) is 7.31. The van der Waals surface area contributed by atoms with E-state index in [9.17, 15) is 0 Å². The highest BCUT2D eigenvalue weighted by Gasteiger charge is 2.36. The van der Waals surface area contributed by atoms with E-state index in [4.69, 9.17) is 4.74 Å². The van der Waals surface area contributed by atoms with Crippen LogP contribution >= 0.6 is 11.9 Å². The van der Waals surface area contributed by atoms with Crippen LogP contribution in [0.1, 0.15) is 18.1 Å². The Morgan fingerprint density at radius 2 is 1.69 bits per heavy atom. The van der Waals surface area contributed by atoms with Gasteiger partial charge in [-0.1, -0.05) is 24.3 Å². The second kappa shape index (κ2) is 11.2. The average Bonchev–Trinajstić information content (AvgIpc) is 3.33. The van der Waals surface area contributed by atoms with E-state index in [0.29, 0.717) is 11.3 Å². The molecule has 0 amide bonds. The molecule has 204 valence electrons. The molecule has 1 aliphatic rings. The number of halogens is 2. The molecule has 1 fully saturated rings. The van der Waals surface area contributed by atoms with Crippen molar-refractivity contribution < 1.29 is 13.5 Å². The largest absolute Gasteiger partial charge is 0.438 e. The van der Waals surface area contributed by atoms with Gasteiger partial charge < -0.3 is 14.5 Å². The molecule has 3 heterocycles. The lowest BCUT2D eigenvalue weighted by atomic mass is 9.99. The van der Waals surface area contributed by atoms with Gasteiger partial charge in [-0.25, -0.2) is 13.8 Å². The predicted octanol–water partition coefficient (Wildman–Crippen LogP) is 5.96. The molecule has 1 N–H and O–H groups in total. The number of nitrogens with one attached hydrogen (secondary N) is 1. The van der Waals surface area contributed by atoms with Gasteiger partial charge in [0.15, 0.2) is 0 Å². The van der Waals surface area contributed by atoms with Gasteiger partial charge in [-0.15, -0.1) is 0 Å². The van der Waals surface area contributed by atoms with E-state index in [1.165, 1.54) is 11.9 Å². The maximum Gasteiger partial charge on any atom is 0.277 e. The van der Waals surface area contributed by atoms with Gasteiger partial charge in [-0.05, 0) is 55.7 Å². The Hall–Kier alpha value is -3.70. The molecule has 5 rings (SSSR count). The second-order valence-electron chi connectivity index (χ2n) is 9.72. The van der Waals surface area contributed by atoms with Crippen LogP contribution in [0.25, 0.3) is 11.3 Å². The topological polar surface area (TPSA) is 71.3 Å². The minimum Gasteiger partial charge on any atom is -0.438 e. The van der Waals surface area contributed by atoms with Crippen molar-refractivity contribution in [3.63, 3.8) is 0 Å². The van der Waals surface area contributed by atoms with Crippen LogP contribution in [-0.4, -0.2) is 57.9 Å². The molecule has 0 aliphatic carbocycles. The summed E-state index contributed by atoms with van der Waals surface area (Å²) in [4.78, 5) is 14.4. The van der Waals surface area contributed by atoms with Crippen LogP contribution in [0.5, 0.6) is 11.6 Å². The summed E-state index contributed by atoms with van der Waals surface area (Å²) in [5.74, 6) is -2.89. The minimum absolute atomic E-state index is 0.119. The first-order valence-electron chi connectivity index (χ1n) is 12.7. The van der Waals surface area contributed by atoms with Crippen molar-refractivity contribution in [2.75, 3.05) is 42.8 Å². The first-order valence-corrected chi connectivity index (χ1v) is 13.5. The quantitative estimate of drug-likeness (QED) is 0.269. The molecule has 4 aromatic rings. The molecule has 1 saturated heterocycles. The highest BCUT2D eigenvalue weighted by molar-refractivity contribution is 8.00. The first kappa shape index (κ1) is 26.9. The Kier molecular flexibility index (Phi) is 7.72. The number of piperazine rings is 1. The van der Waals surface area contributed by atoms with Crippen molar-refractivity contribution in [3.05, 3.63) is 72.1 Å². The first-order chi connectivity index (χ1) is 18.7. The Morgan fingerprint density at radius 1 is 0.974 bits per heavy atom. The summed E-state index contributed by atoms with van der Waals surface area (Å²) in [7, 11) is 3.93. The zero-order valence-corrected chi connectivity index (χ0v) is 23.2. The number of aryl methyl sites for hydroxylation is 2. The monoisotopic (exact) mass is 551 g/mol. The number of hydrogen-bond donors (Lipinski definition) is 1. The van der Waals surface area contributed by atoms with E-state index < -0.39 is 5.92 Å². The molecule has 39 heavy (non-hydrogen) atoms. The molecule has 8 nitrogen and oxygen atoms in total. The van der Waals surface area contributed by atoms with Crippen molar-refractivity contribution in [3.8, 4) is 22.9 Å². The Morgan fingerprint density at radius 3 is 2.33 bits per heavy atom. The number of benzene rings is 2. The van der Waals surface area contributed by atoms with Crippen molar-refractivity contribution >= 4 is 23.6 Å². The Bertz CT molecular complexity index is 1430. The molecule has 2 aromatic carbocycles. The fourth-order valence-electron chi connectivity index (χ4n) is 4.45. The minimum atomic E-state index is -3.26. The van der Waals surface area contributed by atoms with Crippen molar-refractivity contribution in [1.82, 2.24) is 24.6 Å². The normalized spacial score (nSPS) is 14.5. The van der Waals surface area contributed by atoms with E-state index in [1.807, 2.05) is 44.4 Å². The summed E-state index contributed by atoms with van der Waals surface area (Å²) in [6, 6.07) is 14.8. The molecule has 0 atom stereocenters. The van der Waals surface area contributed by atoms with Crippen LogP contribution in [0.2, 0.25) is 0 Å². The smallest absolute Gasteiger partial charge is 0.277 e. The van der Waals surface area contributed by atoms with Gasteiger partial charge in [-0.2, -0.15) is 10.1 Å². The van der Waals surface area contributed by atoms with Crippen LogP contribution in [0.4, 0.5) is 20.4 Å². The van der Waals surface area contributed by atoms with E-state index in [-0.39, 0.29) is 23.1 Å². The van der Waals surface area contributed by atoms with Crippen LogP contribution in [0.15, 0.2) is 65.8 Å². The lowest BCUT2D eigenvalue weighted by Gasteiger charge is -2.34. The van der Waals surface area contributed by atoms with Crippen molar-refractivity contribution in [1.29, 1.82) is 0 Å². The third-order valence-electron chi connectivity index (χ3n) is 6.58. The average molecular weight is 552 g/mol. The Balaban J connectivity index is 1.52. The summed E-state index contributed by atoms with van der Waals surface area (Å²) in [6.45, 7) is 6.54. The zero-order valence-electron chi connectivity index (χ0n) is 22.4. The fourth-order valence-corrected chi connectivity index (χ4v) is 5.05. The number of anilines is 2. The van der Waals surface area contributed by atoms with Crippen LogP contribution < -0.4 is 14.4 Å². The van der Waals surface area contributed by atoms with E-state index in [1.54, 1.807) is 35.1 Å². The summed E-state index contributed by atoms with van der Waals surface area (Å²) in [6.07, 6.45) is 3.52. The van der Waals surface area contributed by atoms with Gasteiger partial charge >= 0.3 is 0 Å². The molecule has 0 bridgehead atoms. The van der Waals surface area contributed by atoms with Gasteiger partial charge in [0.25, 0.3) is 5.92 Å².